The van der Waals surface area contributed by atoms with E-state index in [1.807, 2.05) is 18.3 Å². The van der Waals surface area contributed by atoms with Crippen LogP contribution >= 0.6 is 12.4 Å². The predicted molar refractivity (Wildman–Crippen MR) is 95.6 cm³/mol. The maximum atomic E-state index is 13.0. The van der Waals surface area contributed by atoms with E-state index in [4.69, 9.17) is 4.74 Å². The van der Waals surface area contributed by atoms with Crippen molar-refractivity contribution >= 4 is 12.4 Å². The molecular formula is C18H18ClFN4O. The minimum Gasteiger partial charge on any atom is -0.371 e. The van der Waals surface area contributed by atoms with Gasteiger partial charge in [0.2, 0.25) is 0 Å². The van der Waals surface area contributed by atoms with Gasteiger partial charge in [-0.25, -0.2) is 9.07 Å². The standard InChI is InChI=1S/C18H17FN4O.ClH/c19-15-5-7-16(8-6-15)23-12-17(21-22-23)13-1-3-14(4-2-13)18-11-20-9-10-24-18;/h1-8,12,18,20H,9-11H2;1H/t18-;/m0./s1. The van der Waals surface area contributed by atoms with Crippen LogP contribution in [-0.2, 0) is 4.74 Å². The van der Waals surface area contributed by atoms with E-state index in [0.717, 1.165) is 42.2 Å². The van der Waals surface area contributed by atoms with Gasteiger partial charge in [0.15, 0.2) is 0 Å². The van der Waals surface area contributed by atoms with Crippen molar-refractivity contribution in [3.05, 3.63) is 66.1 Å². The van der Waals surface area contributed by atoms with Crippen LogP contribution in [0.25, 0.3) is 16.9 Å². The molecule has 1 atom stereocenters. The first-order chi connectivity index (χ1) is 11.8. The van der Waals surface area contributed by atoms with Crippen LogP contribution in [0.15, 0.2) is 54.7 Å². The Balaban J connectivity index is 0.00000182. The monoisotopic (exact) mass is 360 g/mol. The molecular weight excluding hydrogens is 343 g/mol. The van der Waals surface area contributed by atoms with Crippen molar-refractivity contribution in [2.24, 2.45) is 0 Å². The fourth-order valence-electron chi connectivity index (χ4n) is 2.76. The van der Waals surface area contributed by atoms with Crippen LogP contribution in [0.2, 0.25) is 0 Å². The number of aromatic nitrogens is 3. The number of halogens is 2. The van der Waals surface area contributed by atoms with E-state index < -0.39 is 0 Å². The van der Waals surface area contributed by atoms with Gasteiger partial charge in [-0.2, -0.15) is 0 Å². The van der Waals surface area contributed by atoms with E-state index >= 15 is 0 Å². The van der Waals surface area contributed by atoms with Crippen molar-refractivity contribution in [3.63, 3.8) is 0 Å². The molecule has 0 amide bonds. The summed E-state index contributed by atoms with van der Waals surface area (Å²) in [7, 11) is 0. The van der Waals surface area contributed by atoms with E-state index in [2.05, 4.69) is 27.8 Å². The molecule has 1 aromatic heterocycles. The lowest BCUT2D eigenvalue weighted by molar-refractivity contribution is 0.0277. The highest BCUT2D eigenvalue weighted by Gasteiger charge is 2.15. The molecule has 1 aliphatic rings. The Hall–Kier alpha value is -2.28. The van der Waals surface area contributed by atoms with Gasteiger partial charge in [0.05, 0.1) is 24.6 Å². The van der Waals surface area contributed by atoms with E-state index in [0.29, 0.717) is 0 Å². The molecule has 0 saturated carbocycles. The number of hydrogen-bond acceptors (Lipinski definition) is 4. The van der Waals surface area contributed by atoms with Crippen molar-refractivity contribution in [2.45, 2.75) is 6.10 Å². The third kappa shape index (κ3) is 3.87. The summed E-state index contributed by atoms with van der Waals surface area (Å²) in [6.07, 6.45) is 1.93. The summed E-state index contributed by atoms with van der Waals surface area (Å²) in [5.41, 5.74) is 3.68. The van der Waals surface area contributed by atoms with Crippen molar-refractivity contribution in [3.8, 4) is 16.9 Å². The normalized spacial score (nSPS) is 17.1. The van der Waals surface area contributed by atoms with Crippen molar-refractivity contribution < 1.29 is 9.13 Å². The van der Waals surface area contributed by atoms with Gasteiger partial charge in [-0.05, 0) is 29.8 Å². The maximum absolute atomic E-state index is 13.0. The van der Waals surface area contributed by atoms with Crippen LogP contribution in [0.1, 0.15) is 11.7 Å². The quantitative estimate of drug-likeness (QED) is 0.779. The molecule has 2 heterocycles. The highest BCUT2D eigenvalue weighted by atomic mass is 35.5. The zero-order valence-corrected chi connectivity index (χ0v) is 14.2. The van der Waals surface area contributed by atoms with Crippen LogP contribution in [0.3, 0.4) is 0 Å². The molecule has 0 bridgehead atoms. The Bertz CT molecular complexity index is 814. The van der Waals surface area contributed by atoms with Gasteiger partial charge in [0, 0.05) is 18.7 Å². The minimum absolute atomic E-state index is 0. The molecule has 2 aromatic carbocycles. The highest BCUT2D eigenvalue weighted by Crippen LogP contribution is 2.23. The Labute approximate surface area is 151 Å². The second-order valence-electron chi connectivity index (χ2n) is 5.71. The number of morpholine rings is 1. The van der Waals surface area contributed by atoms with Gasteiger partial charge < -0.3 is 10.1 Å². The molecule has 5 nitrogen and oxygen atoms in total. The minimum atomic E-state index is -0.269. The second kappa shape index (κ2) is 7.74. The van der Waals surface area contributed by atoms with E-state index in [1.165, 1.54) is 12.1 Å². The van der Waals surface area contributed by atoms with Crippen molar-refractivity contribution in [1.82, 2.24) is 20.3 Å². The van der Waals surface area contributed by atoms with Crippen LogP contribution in [0.4, 0.5) is 4.39 Å². The molecule has 130 valence electrons. The first-order valence-electron chi connectivity index (χ1n) is 7.90. The Kier molecular flexibility index (Phi) is 5.43. The van der Waals surface area contributed by atoms with Gasteiger partial charge in [0.25, 0.3) is 0 Å². The van der Waals surface area contributed by atoms with Gasteiger partial charge in [-0.3, -0.25) is 0 Å². The smallest absolute Gasteiger partial charge is 0.123 e. The zero-order chi connectivity index (χ0) is 16.4. The Morgan fingerprint density at radius 3 is 2.52 bits per heavy atom. The summed E-state index contributed by atoms with van der Waals surface area (Å²) in [5, 5.41) is 11.6. The maximum Gasteiger partial charge on any atom is 0.123 e. The summed E-state index contributed by atoms with van der Waals surface area (Å²) in [5.74, 6) is -0.269. The molecule has 4 rings (SSSR count). The van der Waals surface area contributed by atoms with Crippen LogP contribution in [0.5, 0.6) is 0 Å². The lowest BCUT2D eigenvalue weighted by Crippen LogP contribution is -2.33. The number of rotatable bonds is 3. The third-order valence-electron chi connectivity index (χ3n) is 4.09. The molecule has 1 N–H and O–H groups in total. The molecule has 7 heteroatoms. The Morgan fingerprint density at radius 2 is 1.84 bits per heavy atom. The fraction of sp³-hybridized carbons (Fsp3) is 0.222. The van der Waals surface area contributed by atoms with Gasteiger partial charge >= 0.3 is 0 Å². The Morgan fingerprint density at radius 1 is 1.08 bits per heavy atom. The highest BCUT2D eigenvalue weighted by molar-refractivity contribution is 5.85. The van der Waals surface area contributed by atoms with Gasteiger partial charge in [0.1, 0.15) is 11.5 Å². The van der Waals surface area contributed by atoms with Crippen molar-refractivity contribution in [1.29, 1.82) is 0 Å². The van der Waals surface area contributed by atoms with Crippen LogP contribution in [0, 0.1) is 5.82 Å². The molecule has 1 aliphatic heterocycles. The number of nitrogens with zero attached hydrogens (tertiary/aromatic N) is 3. The summed E-state index contributed by atoms with van der Waals surface area (Å²) < 4.78 is 20.4. The molecule has 25 heavy (non-hydrogen) atoms. The lowest BCUT2D eigenvalue weighted by atomic mass is 10.0. The van der Waals surface area contributed by atoms with Gasteiger partial charge in [-0.1, -0.05) is 29.5 Å². The average Bonchev–Trinajstić information content (AvgIpc) is 3.13. The van der Waals surface area contributed by atoms with Gasteiger partial charge in [-0.15, -0.1) is 17.5 Å². The summed E-state index contributed by atoms with van der Waals surface area (Å²) >= 11 is 0. The predicted octanol–water partition coefficient (Wildman–Crippen LogP) is 3.16. The van der Waals surface area contributed by atoms with E-state index in [1.54, 1.807) is 16.8 Å². The molecule has 3 aromatic rings. The first kappa shape index (κ1) is 17.5. The second-order valence-corrected chi connectivity index (χ2v) is 5.71. The number of benzene rings is 2. The lowest BCUT2D eigenvalue weighted by Gasteiger charge is -2.23. The molecule has 0 aliphatic carbocycles. The van der Waals surface area contributed by atoms with E-state index in [9.17, 15) is 4.39 Å². The fourth-order valence-corrected chi connectivity index (χ4v) is 2.76. The van der Waals surface area contributed by atoms with E-state index in [-0.39, 0.29) is 24.3 Å². The SMILES string of the molecule is Cl.Fc1ccc(-n2cc(-c3ccc([C@@H]4CNCCO4)cc3)nn2)cc1. The average molecular weight is 361 g/mol. The summed E-state index contributed by atoms with van der Waals surface area (Å²) in [6, 6.07) is 14.3. The van der Waals surface area contributed by atoms with Crippen molar-refractivity contribution in [2.75, 3.05) is 19.7 Å². The van der Waals surface area contributed by atoms with Crippen LogP contribution in [-0.4, -0.2) is 34.7 Å². The molecule has 0 unspecified atom stereocenters. The summed E-state index contributed by atoms with van der Waals surface area (Å²) in [6.45, 7) is 2.47. The zero-order valence-electron chi connectivity index (χ0n) is 13.4. The first-order valence-corrected chi connectivity index (χ1v) is 7.90. The molecule has 1 fully saturated rings. The molecule has 0 spiro atoms. The number of hydrogen-bond donors (Lipinski definition) is 1. The number of ether oxygens (including phenoxy) is 1. The number of nitrogens with one attached hydrogen (secondary N) is 1. The summed E-state index contributed by atoms with van der Waals surface area (Å²) in [4.78, 5) is 0. The third-order valence-corrected chi connectivity index (χ3v) is 4.09. The topological polar surface area (TPSA) is 52.0 Å². The molecule has 1 saturated heterocycles. The van der Waals surface area contributed by atoms with Crippen LogP contribution < -0.4 is 5.32 Å². The molecule has 0 radical (unpaired) electrons. The largest absolute Gasteiger partial charge is 0.371 e.